The van der Waals surface area contributed by atoms with E-state index in [0.717, 1.165) is 5.56 Å². The number of amides is 2. The molecule has 0 aromatic heterocycles. The van der Waals surface area contributed by atoms with Crippen molar-refractivity contribution in [2.45, 2.75) is 37.2 Å². The molecule has 2 aliphatic heterocycles. The predicted molar refractivity (Wildman–Crippen MR) is 124 cm³/mol. The first kappa shape index (κ1) is 24.1. The summed E-state index contributed by atoms with van der Waals surface area (Å²) >= 11 is 0. The second kappa shape index (κ2) is 10.9. The molecule has 4 rings (SSSR count). The Morgan fingerprint density at radius 1 is 1.12 bits per heavy atom. The largest absolute Gasteiger partial charge is 0.486 e. The molecule has 34 heavy (non-hydrogen) atoms. The Morgan fingerprint density at radius 2 is 1.85 bits per heavy atom. The van der Waals surface area contributed by atoms with E-state index in [4.69, 9.17) is 19.9 Å². The summed E-state index contributed by atoms with van der Waals surface area (Å²) in [6.45, 7) is 0.600. The lowest BCUT2D eigenvalue weighted by atomic mass is 9.86. The van der Waals surface area contributed by atoms with E-state index >= 15 is 0 Å². The van der Waals surface area contributed by atoms with Gasteiger partial charge in [-0.1, -0.05) is 30.3 Å². The minimum absolute atomic E-state index is 0.106. The van der Waals surface area contributed by atoms with Crippen molar-refractivity contribution in [2.75, 3.05) is 33.5 Å². The molecule has 9 heteroatoms. The average molecular weight is 472 g/mol. The molecule has 0 bridgehead atoms. The second-order valence-corrected chi connectivity index (χ2v) is 8.47. The smallest absolute Gasteiger partial charge is 0.254 e. The normalized spacial score (nSPS) is 23.6. The molecular weight excluding hydrogens is 441 g/mol. The summed E-state index contributed by atoms with van der Waals surface area (Å²) in [5.74, 6) is -0.834. The summed E-state index contributed by atoms with van der Waals surface area (Å²) < 4.78 is 30.8. The molecule has 0 unspecified atom stereocenters. The fraction of sp³-hybridized carbons (Fsp3) is 0.440. The molecule has 0 aliphatic carbocycles. The van der Waals surface area contributed by atoms with Crippen LogP contribution in [-0.2, 0) is 9.47 Å². The molecule has 2 heterocycles. The quantitative estimate of drug-likeness (QED) is 0.509. The first-order valence-electron chi connectivity index (χ1n) is 11.5. The van der Waals surface area contributed by atoms with Crippen LogP contribution in [0.5, 0.6) is 5.75 Å². The highest BCUT2D eigenvalue weighted by Gasteiger charge is 2.39. The first-order chi connectivity index (χ1) is 16.5. The third kappa shape index (κ3) is 5.22. The van der Waals surface area contributed by atoms with Crippen LogP contribution in [0, 0.1) is 0 Å². The van der Waals surface area contributed by atoms with Gasteiger partial charge in [0.05, 0.1) is 30.7 Å². The molecule has 2 aliphatic rings. The molecule has 182 valence electrons. The van der Waals surface area contributed by atoms with Gasteiger partial charge >= 0.3 is 0 Å². The van der Waals surface area contributed by atoms with Crippen LogP contribution in [0.15, 0.2) is 42.5 Å². The van der Waals surface area contributed by atoms with Crippen LogP contribution in [-0.4, -0.2) is 63.7 Å². The van der Waals surface area contributed by atoms with Crippen LogP contribution in [0.4, 0.5) is 4.39 Å². The number of hydrogen-bond acceptors (Lipinski definition) is 6. The van der Waals surface area contributed by atoms with Crippen LogP contribution < -0.4 is 21.1 Å². The molecule has 0 spiro atoms. The number of ether oxygens (including phenoxy) is 3. The minimum Gasteiger partial charge on any atom is -0.486 e. The van der Waals surface area contributed by atoms with Gasteiger partial charge in [-0.25, -0.2) is 4.39 Å². The van der Waals surface area contributed by atoms with Gasteiger partial charge in [-0.2, -0.15) is 0 Å². The van der Waals surface area contributed by atoms with Crippen molar-refractivity contribution in [2.24, 2.45) is 5.73 Å². The van der Waals surface area contributed by atoms with Crippen molar-refractivity contribution in [1.29, 1.82) is 0 Å². The number of nitrogens with two attached hydrogens (primary N) is 1. The molecule has 0 saturated carbocycles. The van der Waals surface area contributed by atoms with Gasteiger partial charge in [0.15, 0.2) is 6.29 Å². The SMILES string of the molecule is CNC(=O)c1cc(C(=O)NCCC[C@H]2OC[C@@H](N)CO2)cc2c1O[C@H](CF)[C@H]2c1ccccc1. The van der Waals surface area contributed by atoms with E-state index in [9.17, 15) is 14.0 Å². The summed E-state index contributed by atoms with van der Waals surface area (Å²) in [4.78, 5) is 25.6. The van der Waals surface area contributed by atoms with Crippen molar-refractivity contribution in [3.63, 3.8) is 0 Å². The second-order valence-electron chi connectivity index (χ2n) is 8.47. The Morgan fingerprint density at radius 3 is 2.53 bits per heavy atom. The highest BCUT2D eigenvalue weighted by molar-refractivity contribution is 6.02. The van der Waals surface area contributed by atoms with Crippen molar-refractivity contribution >= 4 is 11.8 Å². The predicted octanol–water partition coefficient (Wildman–Crippen LogP) is 2.12. The van der Waals surface area contributed by atoms with Crippen molar-refractivity contribution < 1.29 is 28.2 Å². The third-order valence-corrected chi connectivity index (χ3v) is 6.03. The van der Waals surface area contributed by atoms with Crippen molar-refractivity contribution in [3.8, 4) is 5.75 Å². The van der Waals surface area contributed by atoms with Gasteiger partial charge in [0.25, 0.3) is 11.8 Å². The molecule has 1 fully saturated rings. The van der Waals surface area contributed by atoms with Crippen LogP contribution in [0.2, 0.25) is 0 Å². The van der Waals surface area contributed by atoms with Crippen molar-refractivity contribution in [3.05, 3.63) is 64.7 Å². The Kier molecular flexibility index (Phi) is 7.77. The number of nitrogens with one attached hydrogen (secondary N) is 2. The lowest BCUT2D eigenvalue weighted by Gasteiger charge is -2.27. The number of halogens is 1. The third-order valence-electron chi connectivity index (χ3n) is 6.03. The Hall–Kier alpha value is -3.01. The maximum atomic E-state index is 13.9. The van der Waals surface area contributed by atoms with Crippen molar-refractivity contribution in [1.82, 2.24) is 10.6 Å². The summed E-state index contributed by atoms with van der Waals surface area (Å²) in [6, 6.07) is 12.5. The summed E-state index contributed by atoms with van der Waals surface area (Å²) in [6.07, 6.45) is 0.183. The van der Waals surface area contributed by atoms with Gasteiger partial charge in [0, 0.05) is 31.1 Å². The lowest BCUT2D eigenvalue weighted by Crippen LogP contribution is -2.41. The maximum Gasteiger partial charge on any atom is 0.254 e. The van der Waals surface area contributed by atoms with E-state index in [1.54, 1.807) is 6.07 Å². The van der Waals surface area contributed by atoms with Crippen LogP contribution in [0.25, 0.3) is 0 Å². The molecule has 1 saturated heterocycles. The average Bonchev–Trinajstić information content (AvgIpc) is 3.25. The zero-order valence-corrected chi connectivity index (χ0v) is 19.1. The molecule has 4 N–H and O–H groups in total. The van der Waals surface area contributed by atoms with Gasteiger partial charge in [0.1, 0.15) is 18.5 Å². The highest BCUT2D eigenvalue weighted by Crippen LogP contribution is 2.45. The van der Waals surface area contributed by atoms with Gasteiger partial charge in [-0.15, -0.1) is 0 Å². The van der Waals surface area contributed by atoms with E-state index in [1.807, 2.05) is 30.3 Å². The van der Waals surface area contributed by atoms with Gasteiger partial charge < -0.3 is 30.6 Å². The number of fused-ring (bicyclic) bond motifs is 1. The Balaban J connectivity index is 1.52. The summed E-state index contributed by atoms with van der Waals surface area (Å²) in [5, 5.41) is 5.46. The molecule has 2 aromatic carbocycles. The Labute approximate surface area is 197 Å². The topological polar surface area (TPSA) is 112 Å². The van der Waals surface area contributed by atoms with E-state index in [2.05, 4.69) is 10.6 Å². The van der Waals surface area contributed by atoms with Crippen LogP contribution >= 0.6 is 0 Å². The van der Waals surface area contributed by atoms with E-state index in [-0.39, 0.29) is 23.8 Å². The maximum absolute atomic E-state index is 13.9. The fourth-order valence-corrected chi connectivity index (χ4v) is 4.34. The molecular formula is C25H30FN3O5. The van der Waals surface area contributed by atoms with Crippen LogP contribution in [0.3, 0.4) is 0 Å². The van der Waals surface area contributed by atoms with Gasteiger partial charge in [-0.3, -0.25) is 9.59 Å². The zero-order chi connectivity index (χ0) is 24.1. The molecule has 2 amide bonds. The zero-order valence-electron chi connectivity index (χ0n) is 19.1. The summed E-state index contributed by atoms with van der Waals surface area (Å²) in [5.41, 5.74) is 7.75. The number of carbonyl (C=O) groups is 2. The van der Waals surface area contributed by atoms with E-state index < -0.39 is 24.6 Å². The van der Waals surface area contributed by atoms with Crippen LogP contribution in [0.1, 0.15) is 50.6 Å². The molecule has 2 atom stereocenters. The molecule has 8 nitrogen and oxygen atoms in total. The summed E-state index contributed by atoms with van der Waals surface area (Å²) in [7, 11) is 1.50. The minimum atomic E-state index is -0.775. The standard InChI is InChI=1S/C25H30FN3O5/c1-28-25(31)19-11-16(24(30)29-9-5-8-21-32-13-17(27)14-33-21)10-18-22(15-6-3-2-4-7-15)20(12-26)34-23(18)19/h2-4,6-7,10-11,17,20-22H,5,8-9,12-14,27H2,1H3,(H,28,31)(H,29,30)/t17-,20-,21+,22+/m1/s1. The van der Waals surface area contributed by atoms with E-state index in [0.29, 0.717) is 49.5 Å². The fourth-order valence-electron chi connectivity index (χ4n) is 4.34. The lowest BCUT2D eigenvalue weighted by molar-refractivity contribution is -0.188. The number of alkyl halides is 1. The number of carbonyl (C=O) groups excluding carboxylic acids is 2. The van der Waals surface area contributed by atoms with Gasteiger partial charge in [0.2, 0.25) is 0 Å². The highest BCUT2D eigenvalue weighted by atomic mass is 19.1. The van der Waals surface area contributed by atoms with E-state index in [1.165, 1.54) is 13.1 Å². The monoisotopic (exact) mass is 471 g/mol. The molecule has 0 radical (unpaired) electrons. The number of rotatable bonds is 8. The number of hydrogen-bond donors (Lipinski definition) is 3. The van der Waals surface area contributed by atoms with Gasteiger partial charge in [-0.05, 0) is 24.1 Å². The Bertz CT molecular complexity index is 1010. The number of benzene rings is 2. The first-order valence-corrected chi connectivity index (χ1v) is 11.5. The molecule has 2 aromatic rings.